The molecule has 0 radical (unpaired) electrons. The highest BCUT2D eigenvalue weighted by molar-refractivity contribution is 7.88. The van der Waals surface area contributed by atoms with Crippen LogP contribution in [0.1, 0.15) is 29.5 Å². The number of hydrogen-bond acceptors (Lipinski definition) is 10. The molecule has 252 valence electrons. The second-order valence-electron chi connectivity index (χ2n) is 11.9. The lowest BCUT2D eigenvalue weighted by molar-refractivity contribution is -0.137. The molecule has 0 aliphatic carbocycles. The molecule has 0 atom stereocenters. The van der Waals surface area contributed by atoms with Gasteiger partial charge in [-0.1, -0.05) is 12.1 Å². The normalized spacial score (nSPS) is 18.1. The quantitative estimate of drug-likeness (QED) is 0.307. The molecule has 0 saturated carbocycles. The summed E-state index contributed by atoms with van der Waals surface area (Å²) in [5.74, 6) is -0.111. The molecule has 0 spiro atoms. The van der Waals surface area contributed by atoms with Gasteiger partial charge in [-0.2, -0.15) is 22.5 Å². The molecule has 2 aromatic carbocycles. The number of piperazine rings is 1. The van der Waals surface area contributed by atoms with Gasteiger partial charge in [-0.05, 0) is 42.2 Å². The first-order valence-electron chi connectivity index (χ1n) is 15.4. The highest BCUT2D eigenvalue weighted by Gasteiger charge is 2.36. The summed E-state index contributed by atoms with van der Waals surface area (Å²) in [4.78, 5) is 24.6. The molecule has 3 aromatic rings. The number of carbonyl (C=O) groups excluding carboxylic acids is 1. The topological polar surface area (TPSA) is 132 Å². The molecule has 3 N–H and O–H groups in total. The Hall–Kier alpha value is -4.15. The molecule has 3 aliphatic heterocycles. The van der Waals surface area contributed by atoms with Crippen molar-refractivity contribution in [2.75, 3.05) is 73.5 Å². The Morgan fingerprint density at radius 1 is 1.06 bits per heavy atom. The summed E-state index contributed by atoms with van der Waals surface area (Å²) in [6.07, 6.45) is -0.654. The summed E-state index contributed by atoms with van der Waals surface area (Å²) < 4.78 is 72.5. The lowest BCUT2D eigenvalue weighted by atomic mass is 10.0. The Kier molecular flexibility index (Phi) is 9.18. The van der Waals surface area contributed by atoms with Crippen LogP contribution >= 0.6 is 0 Å². The summed E-state index contributed by atoms with van der Waals surface area (Å²) in [6, 6.07) is 11.2. The number of aromatic nitrogens is 2. The van der Waals surface area contributed by atoms with Gasteiger partial charge in [-0.15, -0.1) is 0 Å². The van der Waals surface area contributed by atoms with E-state index in [9.17, 15) is 26.4 Å². The Labute approximate surface area is 271 Å². The molecule has 12 nitrogen and oxygen atoms in total. The number of rotatable bonds is 9. The second-order valence-corrected chi connectivity index (χ2v) is 13.9. The zero-order chi connectivity index (χ0) is 33.3. The number of fused-ring (bicyclic) bond motifs is 1. The van der Waals surface area contributed by atoms with Crippen LogP contribution in [0.15, 0.2) is 42.6 Å². The van der Waals surface area contributed by atoms with Gasteiger partial charge in [-0.25, -0.2) is 13.4 Å². The van der Waals surface area contributed by atoms with Crippen LogP contribution in [-0.4, -0.2) is 92.2 Å². The number of benzene rings is 2. The summed E-state index contributed by atoms with van der Waals surface area (Å²) in [7, 11) is -1.65. The Morgan fingerprint density at radius 3 is 2.49 bits per heavy atom. The van der Waals surface area contributed by atoms with E-state index < -0.39 is 21.8 Å². The van der Waals surface area contributed by atoms with Crippen LogP contribution in [0, 0.1) is 0 Å². The van der Waals surface area contributed by atoms with Gasteiger partial charge in [0.05, 0.1) is 25.5 Å². The molecular formula is C31H37F3N8O4S. The van der Waals surface area contributed by atoms with Crippen LogP contribution in [0.2, 0.25) is 0 Å². The standard InChI is InChI=1S/C31H37F3N8O4S/c1-46-27-16-22(40-10-8-21(9-11-40)41-12-14-42(15-13-41)47(2,44)45)6-7-26(27)38-30-36-19-24(31(32,33)34)29(39-30)35-18-20-4-3-5-25-23(20)17-28(43)37-25/h3-7,16,19,21H,8-15,17-18H2,1-2H3,(H,37,43)(H2,35,36,38,39). The number of nitrogens with zero attached hydrogens (tertiary/aromatic N) is 5. The van der Waals surface area contributed by atoms with Crippen LogP contribution in [0.4, 0.5) is 42.0 Å². The number of ether oxygens (including phenoxy) is 1. The highest BCUT2D eigenvalue weighted by Crippen LogP contribution is 2.37. The number of halogens is 3. The average molecular weight is 675 g/mol. The Balaban J connectivity index is 1.12. The fourth-order valence-electron chi connectivity index (χ4n) is 6.43. The predicted octanol–water partition coefficient (Wildman–Crippen LogP) is 3.90. The monoisotopic (exact) mass is 674 g/mol. The van der Waals surface area contributed by atoms with Crippen molar-refractivity contribution in [3.05, 3.63) is 59.3 Å². The fraction of sp³-hybridized carbons (Fsp3) is 0.452. The van der Waals surface area contributed by atoms with E-state index in [0.717, 1.165) is 56.5 Å². The third kappa shape index (κ3) is 7.39. The molecule has 1 aromatic heterocycles. The maximum Gasteiger partial charge on any atom is 0.421 e. The van der Waals surface area contributed by atoms with Crippen LogP contribution in [0.25, 0.3) is 0 Å². The van der Waals surface area contributed by atoms with Gasteiger partial charge in [0.25, 0.3) is 0 Å². The van der Waals surface area contributed by atoms with Gasteiger partial charge in [0.2, 0.25) is 21.9 Å². The van der Waals surface area contributed by atoms with E-state index >= 15 is 0 Å². The molecule has 2 saturated heterocycles. The smallest absolute Gasteiger partial charge is 0.421 e. The number of nitrogens with one attached hydrogen (secondary N) is 3. The number of methoxy groups -OCH3 is 1. The highest BCUT2D eigenvalue weighted by atomic mass is 32.2. The van der Waals surface area contributed by atoms with Crippen LogP contribution < -0.4 is 25.6 Å². The van der Waals surface area contributed by atoms with E-state index in [-0.39, 0.29) is 30.6 Å². The summed E-state index contributed by atoms with van der Waals surface area (Å²) in [6.45, 7) is 4.14. The minimum atomic E-state index is -4.69. The zero-order valence-corrected chi connectivity index (χ0v) is 26.9. The number of hydrogen-bond donors (Lipinski definition) is 3. The number of anilines is 5. The molecule has 3 aliphatic rings. The van der Waals surface area contributed by atoms with Crippen molar-refractivity contribution in [2.45, 2.75) is 38.0 Å². The molecule has 4 heterocycles. The molecule has 0 bridgehead atoms. The van der Waals surface area contributed by atoms with E-state index in [1.165, 1.54) is 17.7 Å². The Bertz CT molecular complexity index is 1740. The van der Waals surface area contributed by atoms with E-state index in [1.54, 1.807) is 24.3 Å². The molecule has 0 unspecified atom stereocenters. The van der Waals surface area contributed by atoms with Crippen molar-refractivity contribution >= 4 is 44.8 Å². The largest absolute Gasteiger partial charge is 0.494 e. The Morgan fingerprint density at radius 2 is 1.81 bits per heavy atom. The van der Waals surface area contributed by atoms with Crippen molar-refractivity contribution in [1.29, 1.82) is 0 Å². The van der Waals surface area contributed by atoms with E-state index in [0.29, 0.717) is 41.8 Å². The minimum absolute atomic E-state index is 0.0310. The van der Waals surface area contributed by atoms with Crippen molar-refractivity contribution < 1.29 is 31.1 Å². The summed E-state index contributed by atoms with van der Waals surface area (Å²) in [5, 5.41) is 8.55. The number of alkyl halides is 3. The van der Waals surface area contributed by atoms with E-state index in [1.807, 2.05) is 12.1 Å². The van der Waals surface area contributed by atoms with Crippen LogP contribution in [0.3, 0.4) is 0 Å². The van der Waals surface area contributed by atoms with Gasteiger partial charge < -0.3 is 25.6 Å². The maximum absolute atomic E-state index is 13.9. The maximum atomic E-state index is 13.9. The first-order chi connectivity index (χ1) is 22.4. The van der Waals surface area contributed by atoms with E-state index in [2.05, 4.69) is 35.7 Å². The molecule has 6 rings (SSSR count). The summed E-state index contributed by atoms with van der Waals surface area (Å²) in [5.41, 5.74) is 2.52. The lowest BCUT2D eigenvalue weighted by Crippen LogP contribution is -2.54. The van der Waals surface area contributed by atoms with Gasteiger partial charge in [0.1, 0.15) is 17.1 Å². The number of amides is 1. The lowest BCUT2D eigenvalue weighted by Gasteiger charge is -2.42. The van der Waals surface area contributed by atoms with Gasteiger partial charge in [0, 0.05) is 75.5 Å². The van der Waals surface area contributed by atoms with E-state index in [4.69, 9.17) is 4.74 Å². The third-order valence-corrected chi connectivity index (χ3v) is 10.2. The first kappa shape index (κ1) is 32.8. The molecular weight excluding hydrogens is 637 g/mol. The van der Waals surface area contributed by atoms with Crippen LogP contribution in [-0.2, 0) is 34.0 Å². The van der Waals surface area contributed by atoms with Crippen molar-refractivity contribution in [3.63, 3.8) is 0 Å². The zero-order valence-electron chi connectivity index (χ0n) is 26.1. The third-order valence-electron chi connectivity index (χ3n) is 8.94. The van der Waals surface area contributed by atoms with Gasteiger partial charge in [0.15, 0.2) is 0 Å². The first-order valence-corrected chi connectivity index (χ1v) is 17.2. The molecule has 2 fully saturated rings. The second kappa shape index (κ2) is 13.2. The van der Waals surface area contributed by atoms with Gasteiger partial charge >= 0.3 is 6.18 Å². The summed E-state index contributed by atoms with van der Waals surface area (Å²) >= 11 is 0. The van der Waals surface area contributed by atoms with Crippen molar-refractivity contribution in [2.24, 2.45) is 0 Å². The molecule has 16 heteroatoms. The molecule has 47 heavy (non-hydrogen) atoms. The number of sulfonamides is 1. The van der Waals surface area contributed by atoms with Crippen LogP contribution in [0.5, 0.6) is 5.75 Å². The van der Waals surface area contributed by atoms with Gasteiger partial charge in [-0.3, -0.25) is 9.69 Å². The number of piperidine rings is 1. The predicted molar refractivity (Wildman–Crippen MR) is 173 cm³/mol. The van der Waals surface area contributed by atoms with Crippen molar-refractivity contribution in [1.82, 2.24) is 19.2 Å². The molecule has 1 amide bonds. The minimum Gasteiger partial charge on any atom is -0.494 e. The van der Waals surface area contributed by atoms with Crippen molar-refractivity contribution in [3.8, 4) is 5.75 Å². The SMILES string of the molecule is COc1cc(N2CCC(N3CCN(S(C)(=O)=O)CC3)CC2)ccc1Nc1ncc(C(F)(F)F)c(NCc2cccc3c2CC(=O)N3)n1. The number of carbonyl (C=O) groups is 1. The average Bonchev–Trinajstić information content (AvgIpc) is 3.44. The fourth-order valence-corrected chi connectivity index (χ4v) is 7.26.